The van der Waals surface area contributed by atoms with Crippen LogP contribution in [0.15, 0.2) is 53.4 Å². The summed E-state index contributed by atoms with van der Waals surface area (Å²) in [6, 6.07) is 14.1. The zero-order valence-corrected chi connectivity index (χ0v) is 12.1. The number of aromatic nitrogens is 2. The first-order valence-corrected chi connectivity index (χ1v) is 7.70. The summed E-state index contributed by atoms with van der Waals surface area (Å²) in [5.41, 5.74) is 2.31. The van der Waals surface area contributed by atoms with Gasteiger partial charge in [-0.25, -0.2) is 0 Å². The van der Waals surface area contributed by atoms with Gasteiger partial charge >= 0.3 is 127 Å². The summed E-state index contributed by atoms with van der Waals surface area (Å²) < 4.78 is 27.3. The second-order valence-electron chi connectivity index (χ2n) is 4.73. The van der Waals surface area contributed by atoms with Crippen LogP contribution in [0.1, 0.15) is 5.56 Å². The van der Waals surface area contributed by atoms with Crippen molar-refractivity contribution in [2.45, 2.75) is 11.8 Å². The third-order valence-corrected chi connectivity index (χ3v) is 5.05. The third kappa shape index (κ3) is 2.08. The van der Waals surface area contributed by atoms with E-state index in [9.17, 15) is 8.42 Å². The standard InChI is InChI=1S/C14H11N2O2S.Li/c1-11-6-8-12(9-7-11)19(17,18)16-10-15-13-4-2-3-5-14(13)16;/h2-9H,1H3;. The van der Waals surface area contributed by atoms with Crippen LogP contribution >= 0.6 is 0 Å². The molecule has 0 saturated heterocycles. The molecule has 3 aromatic rings. The van der Waals surface area contributed by atoms with Crippen molar-refractivity contribution >= 4 is 43.3 Å². The van der Waals surface area contributed by atoms with Crippen LogP contribution in [0.2, 0.25) is 0 Å². The molecule has 3 rings (SSSR count). The summed E-state index contributed by atoms with van der Waals surface area (Å²) in [4.78, 5) is 4.58. The molecule has 1 aromatic heterocycles. The Morgan fingerprint density at radius 3 is 2.40 bits per heavy atom. The number of benzene rings is 2. The molecule has 96 valence electrons. The van der Waals surface area contributed by atoms with Crippen LogP contribution in [0.25, 0.3) is 11.0 Å². The average Bonchev–Trinajstić information content (AvgIpc) is 2.75. The van der Waals surface area contributed by atoms with E-state index in [4.69, 9.17) is 0 Å². The summed E-state index contributed by atoms with van der Waals surface area (Å²) in [5.74, 6) is 0. The van der Waals surface area contributed by atoms with Crippen molar-refractivity contribution in [3.8, 4) is 0 Å². The fourth-order valence-electron chi connectivity index (χ4n) is 2.24. The molecule has 2 aromatic carbocycles. The van der Waals surface area contributed by atoms with Crippen LogP contribution in [0.5, 0.6) is 0 Å². The number of hydrogen-bond acceptors (Lipinski definition) is 3. The van der Waals surface area contributed by atoms with E-state index >= 15 is 0 Å². The summed E-state index contributed by atoms with van der Waals surface area (Å²) in [7, 11) is -3.62. The quantitative estimate of drug-likeness (QED) is 0.665. The van der Waals surface area contributed by atoms with Crippen LogP contribution < -0.4 is 4.50 Å². The molecule has 20 heavy (non-hydrogen) atoms. The van der Waals surface area contributed by atoms with Crippen molar-refractivity contribution in [1.82, 2.24) is 8.96 Å². The van der Waals surface area contributed by atoms with E-state index in [-0.39, 0.29) is 4.90 Å². The summed E-state index contributed by atoms with van der Waals surface area (Å²) >= 11 is 1.70. The molecule has 0 spiro atoms. The predicted octanol–water partition coefficient (Wildman–Crippen LogP) is 1.38. The van der Waals surface area contributed by atoms with Gasteiger partial charge in [0.25, 0.3) is 0 Å². The Labute approximate surface area is 126 Å². The number of hydrogen-bond donors (Lipinski definition) is 0. The van der Waals surface area contributed by atoms with Crippen molar-refractivity contribution in [1.29, 1.82) is 0 Å². The molecule has 0 N–H and O–H groups in total. The second kappa shape index (κ2) is 4.78. The molecule has 0 fully saturated rings. The van der Waals surface area contributed by atoms with E-state index in [0.29, 0.717) is 15.5 Å². The normalized spacial score (nSPS) is 11.9. The average molecular weight is 278 g/mol. The molecule has 1 heterocycles. The van der Waals surface area contributed by atoms with Crippen molar-refractivity contribution in [2.75, 3.05) is 0 Å². The maximum atomic E-state index is 12.8. The fourth-order valence-corrected chi connectivity index (χ4v) is 3.74. The molecule has 0 unspecified atom stereocenters. The van der Waals surface area contributed by atoms with Crippen molar-refractivity contribution < 1.29 is 8.42 Å². The minimum atomic E-state index is -3.62. The predicted molar refractivity (Wildman–Crippen MR) is 78.9 cm³/mol. The summed E-state index contributed by atoms with van der Waals surface area (Å²) in [5, 5.41) is 0. The van der Waals surface area contributed by atoms with Gasteiger partial charge in [-0.3, -0.25) is 0 Å². The molecule has 0 amide bonds. The van der Waals surface area contributed by atoms with Crippen LogP contribution in [-0.4, -0.2) is 35.1 Å². The first-order chi connectivity index (χ1) is 9.50. The Kier molecular flexibility index (Phi) is 3.21. The Bertz CT molecular complexity index is 883. The zero-order valence-electron chi connectivity index (χ0n) is 11.2. The monoisotopic (exact) mass is 278 g/mol. The number of para-hydroxylation sites is 2. The molecular formula is C14H11LiN2O2S. The maximum absolute atomic E-state index is 12.8. The van der Waals surface area contributed by atoms with Crippen molar-refractivity contribution in [2.24, 2.45) is 0 Å². The van der Waals surface area contributed by atoms with Crippen LogP contribution in [-0.2, 0) is 10.0 Å². The Balaban J connectivity index is 2.29. The van der Waals surface area contributed by atoms with Gasteiger partial charge in [-0.2, -0.15) is 0 Å². The molecule has 4 nitrogen and oxygen atoms in total. The van der Waals surface area contributed by atoms with E-state index in [0.717, 1.165) is 5.56 Å². The van der Waals surface area contributed by atoms with E-state index < -0.39 is 10.0 Å². The molecule has 0 aliphatic rings. The minimum absolute atomic E-state index is 0.273. The van der Waals surface area contributed by atoms with Gasteiger partial charge < -0.3 is 0 Å². The number of imidazole rings is 1. The van der Waals surface area contributed by atoms with Gasteiger partial charge in [0.1, 0.15) is 0 Å². The van der Waals surface area contributed by atoms with Crippen molar-refractivity contribution in [3.63, 3.8) is 0 Å². The number of rotatable bonds is 2. The van der Waals surface area contributed by atoms with Crippen molar-refractivity contribution in [3.05, 3.63) is 54.1 Å². The van der Waals surface area contributed by atoms with E-state index in [1.807, 2.05) is 25.1 Å². The Morgan fingerprint density at radius 2 is 1.70 bits per heavy atom. The number of nitrogens with zero attached hydrogens (tertiary/aromatic N) is 2. The SMILES string of the molecule is [Li][c]1nc2ccccc2n1S(=O)(=O)c1ccc(C)cc1. The molecule has 0 atom stereocenters. The molecule has 0 bridgehead atoms. The van der Waals surface area contributed by atoms with Gasteiger partial charge in [0, 0.05) is 0 Å². The molecule has 6 heteroatoms. The molecule has 0 saturated carbocycles. The molecule has 0 aliphatic heterocycles. The van der Waals surface area contributed by atoms with E-state index in [2.05, 4.69) is 4.98 Å². The Morgan fingerprint density at radius 1 is 1.05 bits per heavy atom. The summed E-state index contributed by atoms with van der Waals surface area (Å²) in [6.07, 6.45) is 0. The third-order valence-electron chi connectivity index (χ3n) is 3.24. The van der Waals surface area contributed by atoms with Gasteiger partial charge in [0.2, 0.25) is 0 Å². The first kappa shape index (κ1) is 13.4. The van der Waals surface area contributed by atoms with Gasteiger partial charge in [-0.1, -0.05) is 0 Å². The van der Waals surface area contributed by atoms with E-state index in [1.54, 1.807) is 48.0 Å². The molecular weight excluding hydrogens is 267 g/mol. The van der Waals surface area contributed by atoms with Gasteiger partial charge in [-0.15, -0.1) is 0 Å². The fraction of sp³-hybridized carbons (Fsp3) is 0.0714. The molecule has 0 aliphatic carbocycles. The van der Waals surface area contributed by atoms with E-state index in [1.165, 1.54) is 3.97 Å². The van der Waals surface area contributed by atoms with Crippen LogP contribution in [0, 0.1) is 6.92 Å². The number of fused-ring (bicyclic) bond motifs is 1. The molecule has 0 radical (unpaired) electrons. The first-order valence-electron chi connectivity index (χ1n) is 6.26. The zero-order chi connectivity index (χ0) is 14.3. The summed E-state index contributed by atoms with van der Waals surface area (Å²) in [6.45, 7) is 1.92. The second-order valence-corrected chi connectivity index (χ2v) is 6.52. The Hall–Kier alpha value is -1.54. The van der Waals surface area contributed by atoms with Crippen LogP contribution in [0.3, 0.4) is 0 Å². The van der Waals surface area contributed by atoms with Crippen LogP contribution in [0.4, 0.5) is 0 Å². The van der Waals surface area contributed by atoms with Gasteiger partial charge in [-0.05, 0) is 0 Å². The number of aryl methyl sites for hydroxylation is 1. The topological polar surface area (TPSA) is 52.0 Å². The van der Waals surface area contributed by atoms with Gasteiger partial charge in [0.05, 0.1) is 0 Å². The van der Waals surface area contributed by atoms with Gasteiger partial charge in [0.15, 0.2) is 0 Å².